The molecule has 308 valence electrons. The van der Waals surface area contributed by atoms with Crippen molar-refractivity contribution in [1.82, 2.24) is 25.5 Å². The van der Waals surface area contributed by atoms with Gasteiger partial charge in [-0.1, -0.05) is 55.1 Å². The number of nitrogens with zero attached hydrogens (tertiary/aromatic N) is 4. The van der Waals surface area contributed by atoms with E-state index < -0.39 is 35.6 Å². The van der Waals surface area contributed by atoms with Gasteiger partial charge in [0, 0.05) is 48.7 Å². The second-order valence-corrected chi connectivity index (χ2v) is 16.5. The molecule has 3 aliphatic rings. The van der Waals surface area contributed by atoms with Gasteiger partial charge >= 0.3 is 0 Å². The van der Waals surface area contributed by atoms with Crippen LogP contribution in [0.1, 0.15) is 98.3 Å². The van der Waals surface area contributed by atoms with Crippen LogP contribution in [-0.2, 0) is 19.2 Å². The first-order valence-electron chi connectivity index (χ1n) is 19.6. The number of rotatable bonds is 17. The van der Waals surface area contributed by atoms with Crippen molar-refractivity contribution in [1.29, 1.82) is 0 Å². The Morgan fingerprint density at radius 3 is 2.40 bits per heavy atom. The van der Waals surface area contributed by atoms with Crippen LogP contribution in [0.25, 0.3) is 0 Å². The number of nitrogen functional groups attached to an aromatic ring is 1. The number of benzene rings is 2. The Kier molecular flexibility index (Phi) is 13.9. The van der Waals surface area contributed by atoms with Crippen molar-refractivity contribution < 1.29 is 28.8 Å². The van der Waals surface area contributed by atoms with Gasteiger partial charge in [-0.05, 0) is 69.4 Å². The van der Waals surface area contributed by atoms with E-state index in [1.54, 1.807) is 42.6 Å². The fourth-order valence-corrected chi connectivity index (χ4v) is 8.15. The van der Waals surface area contributed by atoms with E-state index in [0.29, 0.717) is 45.2 Å². The summed E-state index contributed by atoms with van der Waals surface area (Å²) in [5.74, 6) is -2.00. The van der Waals surface area contributed by atoms with E-state index >= 15 is 0 Å². The normalized spacial score (nSPS) is 17.5. The van der Waals surface area contributed by atoms with E-state index in [1.807, 2.05) is 0 Å². The zero-order chi connectivity index (χ0) is 41.4. The molecule has 1 unspecified atom stereocenters. The van der Waals surface area contributed by atoms with E-state index in [9.17, 15) is 28.8 Å². The summed E-state index contributed by atoms with van der Waals surface area (Å²) < 4.78 is 0. The monoisotopic (exact) mass is 832 g/mol. The molecule has 0 radical (unpaired) electrons. The standard InChI is InChI=1S/C40H49ClN10O6S/c1-40(43)15-19-50(20-16-40)30-23-46-37(35(42)48-30)58-29-10-8-9-27(34(29)41)47-33(54)22-32(53)45-18-7-5-3-2-4-6-17-44-24-11-12-25-26(21-24)39(57)51(38(25)56)28-13-14-31(52)49-36(28)55/h8-12,21,23,28,44H,2-7,13-20,22,43H2,1H3,(H2,42,48)(H,45,53)(H,47,54)(H,49,52,55). The van der Waals surface area contributed by atoms with Crippen LogP contribution in [-0.4, -0.2) is 88.1 Å². The molecule has 1 atom stereocenters. The van der Waals surface area contributed by atoms with Gasteiger partial charge in [0.1, 0.15) is 23.3 Å². The molecule has 16 nitrogen and oxygen atoms in total. The molecule has 3 aliphatic heterocycles. The average Bonchev–Trinajstić information content (AvgIpc) is 3.42. The minimum absolute atomic E-state index is 0.0719. The third-order valence-corrected chi connectivity index (χ3v) is 12.0. The van der Waals surface area contributed by atoms with Crippen LogP contribution < -0.4 is 37.6 Å². The van der Waals surface area contributed by atoms with Crippen molar-refractivity contribution in [2.24, 2.45) is 5.73 Å². The summed E-state index contributed by atoms with van der Waals surface area (Å²) in [6.07, 6.45) is 8.81. The summed E-state index contributed by atoms with van der Waals surface area (Å²) in [5, 5.41) is 11.8. The van der Waals surface area contributed by atoms with Crippen LogP contribution in [0.3, 0.4) is 0 Å². The van der Waals surface area contributed by atoms with E-state index in [-0.39, 0.29) is 47.7 Å². The fraction of sp³-hybridized carbons (Fsp3) is 0.450. The van der Waals surface area contributed by atoms with Crippen LogP contribution in [0.2, 0.25) is 5.02 Å². The molecule has 1 aromatic heterocycles. The Morgan fingerprint density at radius 1 is 0.966 bits per heavy atom. The Morgan fingerprint density at radius 2 is 1.67 bits per heavy atom. The lowest BCUT2D eigenvalue weighted by atomic mass is 9.91. The van der Waals surface area contributed by atoms with E-state index in [4.69, 9.17) is 23.1 Å². The SMILES string of the molecule is CC1(N)CCN(c2cnc(Sc3cccc(NC(=O)CC(=O)NCCCCCCCCNc4ccc5c(c4)C(=O)N(C4CCC(=O)NC4=O)C5=O)c3Cl)c(N)n2)CC1. The van der Waals surface area contributed by atoms with Crippen LogP contribution >= 0.6 is 23.4 Å². The molecule has 2 saturated heterocycles. The summed E-state index contributed by atoms with van der Waals surface area (Å²) in [5.41, 5.74) is 13.9. The lowest BCUT2D eigenvalue weighted by Gasteiger charge is -2.37. The topological polar surface area (TPSA) is 235 Å². The highest BCUT2D eigenvalue weighted by Gasteiger charge is 2.44. The zero-order valence-electron chi connectivity index (χ0n) is 32.4. The minimum Gasteiger partial charge on any atom is -0.385 e. The number of anilines is 4. The number of hydrogen-bond donors (Lipinski definition) is 6. The molecule has 0 aliphatic carbocycles. The van der Waals surface area contributed by atoms with Gasteiger partial charge in [-0.3, -0.25) is 39.0 Å². The lowest BCUT2D eigenvalue weighted by Crippen LogP contribution is -2.54. The van der Waals surface area contributed by atoms with Gasteiger partial charge in [0.05, 0.1) is 28.0 Å². The fourth-order valence-electron chi connectivity index (χ4n) is 7.05. The van der Waals surface area contributed by atoms with Gasteiger partial charge in [0.15, 0.2) is 5.82 Å². The third-order valence-electron chi connectivity index (χ3n) is 10.4. The lowest BCUT2D eigenvalue weighted by molar-refractivity contribution is -0.136. The minimum atomic E-state index is -0.993. The van der Waals surface area contributed by atoms with Gasteiger partial charge in [-0.25, -0.2) is 9.97 Å². The van der Waals surface area contributed by atoms with Crippen molar-refractivity contribution in [2.45, 2.75) is 99.1 Å². The maximum absolute atomic E-state index is 13.0. The molecule has 0 saturated carbocycles. The smallest absolute Gasteiger partial charge is 0.262 e. The predicted octanol–water partition coefficient (Wildman–Crippen LogP) is 4.48. The maximum atomic E-state index is 13.0. The van der Waals surface area contributed by atoms with Gasteiger partial charge in [0.2, 0.25) is 23.6 Å². The molecule has 4 heterocycles. The number of unbranched alkanes of at least 4 members (excludes halogenated alkanes) is 5. The number of aromatic nitrogens is 2. The van der Waals surface area contributed by atoms with Crippen molar-refractivity contribution in [3.05, 3.63) is 58.7 Å². The number of hydrogen-bond acceptors (Lipinski definition) is 13. The Bertz CT molecular complexity index is 2070. The number of fused-ring (bicyclic) bond motifs is 1. The molecule has 6 rings (SSSR count). The Balaban J connectivity index is 0.834. The molecular weight excluding hydrogens is 784 g/mol. The molecular formula is C40H49ClN10O6S. The number of nitrogens with one attached hydrogen (secondary N) is 4. The summed E-state index contributed by atoms with van der Waals surface area (Å²) >= 11 is 7.88. The number of carbonyl (C=O) groups excluding carboxylic acids is 6. The summed E-state index contributed by atoms with van der Waals surface area (Å²) in [6.45, 7) is 4.74. The Labute approximate surface area is 346 Å². The van der Waals surface area contributed by atoms with Gasteiger partial charge in [0.25, 0.3) is 11.8 Å². The van der Waals surface area contributed by atoms with E-state index in [2.05, 4.69) is 43.1 Å². The number of nitrogens with two attached hydrogens (primary N) is 2. The van der Waals surface area contributed by atoms with Crippen LogP contribution in [0.15, 0.2) is 52.5 Å². The zero-order valence-corrected chi connectivity index (χ0v) is 34.0. The molecule has 0 bridgehead atoms. The summed E-state index contributed by atoms with van der Waals surface area (Å²) in [6, 6.07) is 9.17. The quantitative estimate of drug-likeness (QED) is 0.0626. The number of imide groups is 2. The third kappa shape index (κ3) is 10.6. The van der Waals surface area contributed by atoms with Crippen molar-refractivity contribution in [2.75, 3.05) is 47.4 Å². The highest BCUT2D eigenvalue weighted by atomic mass is 35.5. The first-order valence-corrected chi connectivity index (χ1v) is 20.8. The first kappa shape index (κ1) is 42.3. The molecule has 3 aromatic rings. The maximum Gasteiger partial charge on any atom is 0.262 e. The number of halogens is 1. The highest BCUT2D eigenvalue weighted by molar-refractivity contribution is 7.99. The van der Waals surface area contributed by atoms with Crippen molar-refractivity contribution in [3.63, 3.8) is 0 Å². The van der Waals surface area contributed by atoms with Gasteiger partial charge < -0.3 is 32.3 Å². The predicted molar refractivity (Wildman–Crippen MR) is 222 cm³/mol. The van der Waals surface area contributed by atoms with Crippen LogP contribution in [0, 0.1) is 0 Å². The molecule has 0 spiro atoms. The Hall–Kier alpha value is -5.26. The number of amides is 6. The highest BCUT2D eigenvalue weighted by Crippen LogP contribution is 2.39. The van der Waals surface area contributed by atoms with Gasteiger partial charge in [-0.15, -0.1) is 0 Å². The molecule has 8 N–H and O–H groups in total. The number of carbonyl (C=O) groups is 6. The van der Waals surface area contributed by atoms with E-state index in [0.717, 1.165) is 69.4 Å². The molecule has 2 aromatic carbocycles. The van der Waals surface area contributed by atoms with E-state index in [1.165, 1.54) is 11.8 Å². The second-order valence-electron chi connectivity index (χ2n) is 15.1. The van der Waals surface area contributed by atoms with Crippen LogP contribution in [0.4, 0.5) is 23.0 Å². The van der Waals surface area contributed by atoms with Crippen molar-refractivity contribution >= 4 is 81.8 Å². The summed E-state index contributed by atoms with van der Waals surface area (Å²) in [4.78, 5) is 87.7. The molecule has 2 fully saturated rings. The average molecular weight is 833 g/mol. The molecule has 58 heavy (non-hydrogen) atoms. The molecule has 18 heteroatoms. The largest absolute Gasteiger partial charge is 0.385 e. The summed E-state index contributed by atoms with van der Waals surface area (Å²) in [7, 11) is 0. The first-order chi connectivity index (χ1) is 27.8. The number of piperidine rings is 2. The van der Waals surface area contributed by atoms with Crippen LogP contribution in [0.5, 0.6) is 0 Å². The van der Waals surface area contributed by atoms with Gasteiger partial charge in [-0.2, -0.15) is 0 Å². The van der Waals surface area contributed by atoms with Crippen molar-refractivity contribution in [3.8, 4) is 0 Å². The second kappa shape index (κ2) is 19.0. The molecule has 6 amide bonds.